The predicted molar refractivity (Wildman–Crippen MR) is 286 cm³/mol. The van der Waals surface area contributed by atoms with Crippen LogP contribution in [0.15, 0.2) is 182 Å². The molecule has 306 valence electrons. The van der Waals surface area contributed by atoms with Gasteiger partial charge in [-0.2, -0.15) is 0 Å². The Bertz CT molecular complexity index is 3520. The number of benzene rings is 8. The molecule has 0 radical (unpaired) electrons. The lowest BCUT2D eigenvalue weighted by Gasteiger charge is -2.20. The fourth-order valence-corrected chi connectivity index (χ4v) is 9.21. The van der Waals surface area contributed by atoms with Gasteiger partial charge in [0.15, 0.2) is 34.9 Å². The molecule has 66 heavy (non-hydrogen) atoms. The van der Waals surface area contributed by atoms with Crippen LogP contribution < -0.4 is 27.3 Å². The highest BCUT2D eigenvalue weighted by Gasteiger charge is 2.23. The van der Waals surface area contributed by atoms with Crippen molar-refractivity contribution < 1.29 is 0 Å². The van der Waals surface area contributed by atoms with Crippen molar-refractivity contribution >= 4 is 88.4 Å². The second-order valence-corrected chi connectivity index (χ2v) is 16.9. The Morgan fingerprint density at radius 3 is 1.23 bits per heavy atom. The molecule has 3 aromatic heterocycles. The van der Waals surface area contributed by atoms with Gasteiger partial charge in [0.1, 0.15) is 39.2 Å². The molecule has 0 spiro atoms. The molecule has 0 aliphatic carbocycles. The Labute approximate surface area is 388 Å². The predicted octanol–water partition coefficient (Wildman–Crippen LogP) is 4.11. The molecule has 12 heteroatoms. The van der Waals surface area contributed by atoms with Crippen molar-refractivity contribution in [2.75, 3.05) is 0 Å². The van der Waals surface area contributed by atoms with Crippen molar-refractivity contribution in [3.05, 3.63) is 182 Å². The highest BCUT2D eigenvalue weighted by Crippen LogP contribution is 2.38. The summed E-state index contributed by atoms with van der Waals surface area (Å²) in [6.45, 7) is 0. The van der Waals surface area contributed by atoms with Crippen molar-refractivity contribution in [2.24, 2.45) is 0 Å². The van der Waals surface area contributed by atoms with Gasteiger partial charge in [-0.15, -0.1) is 16.4 Å². The van der Waals surface area contributed by atoms with Crippen molar-refractivity contribution in [3.63, 3.8) is 0 Å². The van der Waals surface area contributed by atoms with Gasteiger partial charge in [0, 0.05) is 44.2 Å². The summed E-state index contributed by atoms with van der Waals surface area (Å²) in [6.07, 6.45) is 0. The molecule has 0 bridgehead atoms. The van der Waals surface area contributed by atoms with Gasteiger partial charge in [0.25, 0.3) is 0 Å². The first-order valence-electron chi connectivity index (χ1n) is 22.3. The van der Waals surface area contributed by atoms with Crippen LogP contribution in [-0.4, -0.2) is 73.7 Å². The monoisotopic (exact) mass is 841 g/mol. The van der Waals surface area contributed by atoms with Crippen LogP contribution in [0.4, 0.5) is 0 Å². The van der Waals surface area contributed by atoms with Crippen LogP contribution in [0.3, 0.4) is 0 Å². The number of fused-ring (bicyclic) bond motifs is 3. The lowest BCUT2D eigenvalue weighted by Crippen LogP contribution is -2.55. The van der Waals surface area contributed by atoms with E-state index in [0.29, 0.717) is 34.9 Å². The average molecular weight is 841 g/mol. The van der Waals surface area contributed by atoms with E-state index in [1.807, 2.05) is 66.7 Å². The highest BCUT2D eigenvalue weighted by atomic mass is 15.1. The fourth-order valence-electron chi connectivity index (χ4n) is 9.21. The quantitative estimate of drug-likeness (QED) is 0.215. The minimum atomic E-state index is 0.531. The standard InChI is InChI=1S/C54H40B5N7/c55-44-43(45(56)47(58)48(59)46(44)57)54-64-51(35-22-14-21-34(29-35)31-15-4-1-5-16-31)61-52(65-54)36-27-28-42(66-40-25-12-10-23-37(40)38-24-11-13-26-41(38)66)39(30-36)53-62-49(32-17-6-2-7-18-32)60-50(63-53)33-19-8-3-9-20-33/h1-30H,55-59H2. The van der Waals surface area contributed by atoms with Gasteiger partial charge in [-0.05, 0) is 47.5 Å². The summed E-state index contributed by atoms with van der Waals surface area (Å²) in [7, 11) is 10.9. The van der Waals surface area contributed by atoms with E-state index in [2.05, 4.69) is 159 Å². The second kappa shape index (κ2) is 16.8. The summed E-state index contributed by atoms with van der Waals surface area (Å²) in [5, 5.41) is 2.32. The van der Waals surface area contributed by atoms with Crippen LogP contribution in [0.1, 0.15) is 0 Å². The molecular weight excluding hydrogens is 801 g/mol. The lowest BCUT2D eigenvalue weighted by atomic mass is 9.60. The first-order chi connectivity index (χ1) is 32.3. The van der Waals surface area contributed by atoms with E-state index >= 15 is 0 Å². The average Bonchev–Trinajstić information content (AvgIpc) is 3.72. The van der Waals surface area contributed by atoms with Gasteiger partial charge in [-0.1, -0.05) is 157 Å². The zero-order valence-corrected chi connectivity index (χ0v) is 37.5. The second-order valence-electron chi connectivity index (χ2n) is 16.9. The van der Waals surface area contributed by atoms with Gasteiger partial charge < -0.3 is 4.57 Å². The third-order valence-electron chi connectivity index (χ3n) is 13.1. The maximum Gasteiger partial charge on any atom is 0.166 e. The van der Waals surface area contributed by atoms with Gasteiger partial charge in [-0.25, -0.2) is 29.9 Å². The van der Waals surface area contributed by atoms with Crippen LogP contribution in [-0.2, 0) is 0 Å². The summed E-state index contributed by atoms with van der Waals surface area (Å²) < 4.78 is 2.32. The molecule has 8 aromatic carbocycles. The van der Waals surface area contributed by atoms with E-state index in [1.165, 1.54) is 16.4 Å². The lowest BCUT2D eigenvalue weighted by molar-refractivity contribution is 1.06. The van der Waals surface area contributed by atoms with Crippen LogP contribution in [0.2, 0.25) is 0 Å². The number of nitrogens with zero attached hydrogens (tertiary/aromatic N) is 7. The largest absolute Gasteiger partial charge is 0.309 e. The summed E-state index contributed by atoms with van der Waals surface area (Å²) in [5.74, 6) is 3.46. The molecular formula is C54H40B5N7. The number of para-hydroxylation sites is 2. The molecule has 0 aliphatic rings. The summed E-state index contributed by atoms with van der Waals surface area (Å²) in [5.41, 5.74) is 16.7. The molecule has 0 N–H and O–H groups in total. The SMILES string of the molecule is Bc1c(B)c(B)c(-c2nc(-c3cccc(-c4ccccc4)c3)nc(-c3ccc(-n4c5ccccc5c5ccccc54)c(-c4nc(-c5ccccc5)nc(-c5ccccc5)n4)c3)n2)c(B)c1B. The molecule has 0 saturated carbocycles. The third kappa shape index (κ3) is 7.21. The molecule has 0 fully saturated rings. The number of aromatic nitrogens is 7. The van der Waals surface area contributed by atoms with Gasteiger partial charge in [-0.3, -0.25) is 0 Å². The molecule has 11 aromatic rings. The molecule has 3 heterocycles. The molecule has 0 atom stereocenters. The maximum atomic E-state index is 5.39. The molecule has 0 amide bonds. The topological polar surface area (TPSA) is 82.3 Å². The number of hydrogen-bond acceptors (Lipinski definition) is 6. The Morgan fingerprint density at radius 1 is 0.288 bits per heavy atom. The maximum absolute atomic E-state index is 5.39. The van der Waals surface area contributed by atoms with Crippen LogP contribution in [0.5, 0.6) is 0 Å². The molecule has 11 rings (SSSR count). The molecule has 0 unspecified atom stereocenters. The minimum absolute atomic E-state index is 0.531. The normalized spacial score (nSPS) is 11.3. The molecule has 0 aliphatic heterocycles. The number of rotatable bonds is 8. The molecule has 7 nitrogen and oxygen atoms in total. The van der Waals surface area contributed by atoms with Crippen molar-refractivity contribution in [1.82, 2.24) is 34.5 Å². The Hall–Kier alpha value is -8.10. The summed E-state index contributed by atoms with van der Waals surface area (Å²) in [4.78, 5) is 31.7. The zero-order chi connectivity index (χ0) is 44.9. The van der Waals surface area contributed by atoms with E-state index in [0.717, 1.165) is 82.9 Å². The van der Waals surface area contributed by atoms with E-state index in [1.54, 1.807) is 0 Å². The minimum Gasteiger partial charge on any atom is -0.309 e. The van der Waals surface area contributed by atoms with E-state index < -0.39 is 0 Å². The fraction of sp³-hybridized carbons (Fsp3) is 0. The van der Waals surface area contributed by atoms with Crippen molar-refractivity contribution in [1.29, 1.82) is 0 Å². The van der Waals surface area contributed by atoms with Gasteiger partial charge in [0.2, 0.25) is 0 Å². The number of hydrogen-bond donors (Lipinski definition) is 0. The van der Waals surface area contributed by atoms with Crippen molar-refractivity contribution in [2.45, 2.75) is 0 Å². The Morgan fingerprint density at radius 2 is 0.682 bits per heavy atom. The Kier molecular flexibility index (Phi) is 10.3. The Balaban J connectivity index is 1.20. The summed E-state index contributed by atoms with van der Waals surface area (Å²) in [6, 6.07) is 62.6. The van der Waals surface area contributed by atoms with Crippen LogP contribution in [0.25, 0.3) is 107 Å². The van der Waals surface area contributed by atoms with E-state index in [9.17, 15) is 0 Å². The smallest absolute Gasteiger partial charge is 0.166 e. The van der Waals surface area contributed by atoms with E-state index in [4.69, 9.17) is 29.9 Å². The van der Waals surface area contributed by atoms with Crippen molar-refractivity contribution in [3.8, 4) is 85.1 Å². The highest BCUT2D eigenvalue weighted by molar-refractivity contribution is 6.68. The first kappa shape index (κ1) is 40.7. The zero-order valence-electron chi connectivity index (χ0n) is 37.5. The summed E-state index contributed by atoms with van der Waals surface area (Å²) >= 11 is 0. The van der Waals surface area contributed by atoms with Gasteiger partial charge >= 0.3 is 0 Å². The third-order valence-corrected chi connectivity index (χ3v) is 13.1. The van der Waals surface area contributed by atoms with Crippen LogP contribution >= 0.6 is 0 Å². The van der Waals surface area contributed by atoms with Gasteiger partial charge in [0.05, 0.1) is 16.7 Å². The molecule has 0 saturated heterocycles. The first-order valence-corrected chi connectivity index (χ1v) is 22.3. The van der Waals surface area contributed by atoms with E-state index in [-0.39, 0.29) is 0 Å². The van der Waals surface area contributed by atoms with Crippen LogP contribution in [0, 0.1) is 0 Å².